The summed E-state index contributed by atoms with van der Waals surface area (Å²) in [5.41, 5.74) is 9.30. The number of rotatable bonds is 6. The molecule has 19 heavy (non-hydrogen) atoms. The first-order valence-corrected chi connectivity index (χ1v) is 7.15. The SMILES string of the molecule is CCc1cccc(CC)c1NC(=O)CC(N)C(C)C. The fourth-order valence-electron chi connectivity index (χ4n) is 2.04. The molecule has 0 aliphatic heterocycles. The molecule has 1 amide bonds. The number of amides is 1. The Bertz CT molecular complexity index is 405. The zero-order valence-corrected chi connectivity index (χ0v) is 12.5. The zero-order valence-electron chi connectivity index (χ0n) is 12.5. The highest BCUT2D eigenvalue weighted by Gasteiger charge is 2.15. The first-order chi connectivity index (χ1) is 8.99. The van der Waals surface area contributed by atoms with Crippen molar-refractivity contribution in [2.45, 2.75) is 53.0 Å². The highest BCUT2D eigenvalue weighted by atomic mass is 16.1. The van der Waals surface area contributed by atoms with Gasteiger partial charge in [0.25, 0.3) is 0 Å². The van der Waals surface area contributed by atoms with Crippen LogP contribution in [0.1, 0.15) is 45.2 Å². The topological polar surface area (TPSA) is 55.1 Å². The lowest BCUT2D eigenvalue weighted by Gasteiger charge is -2.18. The quantitative estimate of drug-likeness (QED) is 0.827. The predicted octanol–water partition coefficient (Wildman–Crippen LogP) is 3.12. The van der Waals surface area contributed by atoms with E-state index in [4.69, 9.17) is 5.73 Å². The van der Waals surface area contributed by atoms with Crippen LogP contribution in [-0.2, 0) is 17.6 Å². The summed E-state index contributed by atoms with van der Waals surface area (Å²) < 4.78 is 0. The number of carbonyl (C=O) groups excluding carboxylic acids is 1. The Hall–Kier alpha value is -1.35. The van der Waals surface area contributed by atoms with Gasteiger partial charge in [0.1, 0.15) is 0 Å². The molecule has 106 valence electrons. The summed E-state index contributed by atoms with van der Waals surface area (Å²) in [7, 11) is 0. The van der Waals surface area contributed by atoms with Crippen LogP contribution in [0, 0.1) is 5.92 Å². The van der Waals surface area contributed by atoms with Gasteiger partial charge in [-0.25, -0.2) is 0 Å². The van der Waals surface area contributed by atoms with Gasteiger partial charge in [-0.15, -0.1) is 0 Å². The summed E-state index contributed by atoms with van der Waals surface area (Å²) in [4.78, 5) is 12.1. The Morgan fingerprint density at radius 2 is 1.74 bits per heavy atom. The highest BCUT2D eigenvalue weighted by Crippen LogP contribution is 2.23. The van der Waals surface area contributed by atoms with Crippen LogP contribution < -0.4 is 11.1 Å². The summed E-state index contributed by atoms with van der Waals surface area (Å²) >= 11 is 0. The molecular weight excluding hydrogens is 236 g/mol. The first kappa shape index (κ1) is 15.7. The van der Waals surface area contributed by atoms with Crippen LogP contribution in [0.5, 0.6) is 0 Å². The average Bonchev–Trinajstić information content (AvgIpc) is 2.38. The Kier molecular flexibility index (Phi) is 6.03. The molecule has 0 aliphatic carbocycles. The lowest BCUT2D eigenvalue weighted by atomic mass is 10.0. The van der Waals surface area contributed by atoms with Crippen LogP contribution in [0.3, 0.4) is 0 Å². The number of para-hydroxylation sites is 1. The lowest BCUT2D eigenvalue weighted by molar-refractivity contribution is -0.116. The maximum absolute atomic E-state index is 12.1. The number of carbonyl (C=O) groups is 1. The molecule has 0 spiro atoms. The number of anilines is 1. The van der Waals surface area contributed by atoms with Crippen molar-refractivity contribution in [2.24, 2.45) is 11.7 Å². The second-order valence-corrected chi connectivity index (χ2v) is 5.32. The highest BCUT2D eigenvalue weighted by molar-refractivity contribution is 5.92. The molecule has 1 unspecified atom stereocenters. The van der Waals surface area contributed by atoms with Gasteiger partial charge in [0.15, 0.2) is 0 Å². The standard InChI is InChI=1S/C16H26N2O/c1-5-12-8-7-9-13(6-2)16(12)18-15(19)10-14(17)11(3)4/h7-9,11,14H,5-6,10,17H2,1-4H3,(H,18,19). The summed E-state index contributed by atoms with van der Waals surface area (Å²) in [5.74, 6) is 0.328. The number of hydrogen-bond donors (Lipinski definition) is 2. The fraction of sp³-hybridized carbons (Fsp3) is 0.562. The van der Waals surface area contributed by atoms with Gasteiger partial charge >= 0.3 is 0 Å². The van der Waals surface area contributed by atoms with E-state index >= 15 is 0 Å². The number of aryl methyl sites for hydroxylation is 2. The van der Waals surface area contributed by atoms with Crippen LogP contribution in [0.25, 0.3) is 0 Å². The van der Waals surface area contributed by atoms with E-state index in [2.05, 4.69) is 31.3 Å². The number of nitrogens with two attached hydrogens (primary N) is 1. The van der Waals surface area contributed by atoms with Gasteiger partial charge in [0, 0.05) is 18.2 Å². The van der Waals surface area contributed by atoms with E-state index in [1.165, 1.54) is 11.1 Å². The molecule has 0 saturated carbocycles. The van der Waals surface area contributed by atoms with E-state index in [-0.39, 0.29) is 11.9 Å². The van der Waals surface area contributed by atoms with Crippen molar-refractivity contribution in [1.82, 2.24) is 0 Å². The average molecular weight is 262 g/mol. The molecule has 0 aromatic heterocycles. The van der Waals surface area contributed by atoms with Crippen molar-refractivity contribution in [2.75, 3.05) is 5.32 Å². The van der Waals surface area contributed by atoms with Gasteiger partial charge in [-0.05, 0) is 29.9 Å². The smallest absolute Gasteiger partial charge is 0.225 e. The molecule has 0 fully saturated rings. The van der Waals surface area contributed by atoms with Gasteiger partial charge in [0.2, 0.25) is 5.91 Å². The van der Waals surface area contributed by atoms with Crippen molar-refractivity contribution < 1.29 is 4.79 Å². The summed E-state index contributed by atoms with van der Waals surface area (Å²) in [6, 6.07) is 6.10. The maximum Gasteiger partial charge on any atom is 0.225 e. The molecule has 0 aliphatic rings. The Balaban J connectivity index is 2.83. The molecule has 1 atom stereocenters. The van der Waals surface area contributed by atoms with Crippen LogP contribution in [0.15, 0.2) is 18.2 Å². The van der Waals surface area contributed by atoms with Crippen LogP contribution in [0.4, 0.5) is 5.69 Å². The first-order valence-electron chi connectivity index (χ1n) is 7.15. The van der Waals surface area contributed by atoms with Gasteiger partial charge in [0.05, 0.1) is 0 Å². The Morgan fingerprint density at radius 3 is 2.16 bits per heavy atom. The molecular formula is C16H26N2O. The largest absolute Gasteiger partial charge is 0.327 e. The molecule has 1 aromatic rings. The van der Waals surface area contributed by atoms with Gasteiger partial charge in [-0.3, -0.25) is 4.79 Å². The van der Waals surface area contributed by atoms with Gasteiger partial charge in [-0.2, -0.15) is 0 Å². The molecule has 3 nitrogen and oxygen atoms in total. The third-order valence-corrected chi connectivity index (χ3v) is 3.54. The third kappa shape index (κ3) is 4.35. The maximum atomic E-state index is 12.1. The minimum atomic E-state index is -0.0844. The molecule has 0 bridgehead atoms. The van der Waals surface area contributed by atoms with Crippen LogP contribution in [-0.4, -0.2) is 11.9 Å². The van der Waals surface area contributed by atoms with Crippen LogP contribution >= 0.6 is 0 Å². The van der Waals surface area contributed by atoms with E-state index in [9.17, 15) is 4.79 Å². The van der Waals surface area contributed by atoms with Crippen molar-refractivity contribution >= 4 is 11.6 Å². The Morgan fingerprint density at radius 1 is 1.21 bits per heavy atom. The third-order valence-electron chi connectivity index (χ3n) is 3.54. The number of nitrogens with one attached hydrogen (secondary N) is 1. The normalized spacial score (nSPS) is 12.5. The summed E-state index contributed by atoms with van der Waals surface area (Å²) in [5, 5.41) is 3.05. The molecule has 0 radical (unpaired) electrons. The van der Waals surface area contributed by atoms with E-state index < -0.39 is 0 Å². The second kappa shape index (κ2) is 7.29. The summed E-state index contributed by atoms with van der Waals surface area (Å²) in [6.45, 7) is 8.28. The predicted molar refractivity (Wildman–Crippen MR) is 81.3 cm³/mol. The van der Waals surface area contributed by atoms with Crippen molar-refractivity contribution in [3.05, 3.63) is 29.3 Å². The minimum Gasteiger partial charge on any atom is -0.327 e. The second-order valence-electron chi connectivity index (χ2n) is 5.32. The van der Waals surface area contributed by atoms with Gasteiger partial charge in [-0.1, -0.05) is 45.9 Å². The minimum absolute atomic E-state index is 0.0109. The van der Waals surface area contributed by atoms with E-state index in [1.807, 2.05) is 19.9 Å². The monoisotopic (exact) mass is 262 g/mol. The van der Waals surface area contributed by atoms with Crippen molar-refractivity contribution in [1.29, 1.82) is 0 Å². The number of benzene rings is 1. The van der Waals surface area contributed by atoms with E-state index in [0.29, 0.717) is 12.3 Å². The molecule has 0 saturated heterocycles. The molecule has 3 heteroatoms. The van der Waals surface area contributed by atoms with Gasteiger partial charge < -0.3 is 11.1 Å². The molecule has 3 N–H and O–H groups in total. The van der Waals surface area contributed by atoms with E-state index in [0.717, 1.165) is 18.5 Å². The molecule has 1 aromatic carbocycles. The van der Waals surface area contributed by atoms with E-state index in [1.54, 1.807) is 0 Å². The lowest BCUT2D eigenvalue weighted by Crippen LogP contribution is -2.31. The fourth-order valence-corrected chi connectivity index (χ4v) is 2.04. The van der Waals surface area contributed by atoms with Crippen molar-refractivity contribution in [3.8, 4) is 0 Å². The summed E-state index contributed by atoms with van der Waals surface area (Å²) in [6.07, 6.45) is 2.21. The zero-order chi connectivity index (χ0) is 14.4. The van der Waals surface area contributed by atoms with Crippen LogP contribution in [0.2, 0.25) is 0 Å². The molecule has 1 rings (SSSR count). The Labute approximate surface area is 116 Å². The number of hydrogen-bond acceptors (Lipinski definition) is 2. The molecule has 0 heterocycles. The van der Waals surface area contributed by atoms with Crippen molar-refractivity contribution in [3.63, 3.8) is 0 Å².